The van der Waals surface area contributed by atoms with Gasteiger partial charge in [0, 0.05) is 0 Å². The molecule has 0 atom stereocenters. The van der Waals surface area contributed by atoms with E-state index in [9.17, 15) is 0 Å². The molecular weight excluding hydrogens is 230 g/mol. The summed E-state index contributed by atoms with van der Waals surface area (Å²) >= 11 is 0. The van der Waals surface area contributed by atoms with Gasteiger partial charge in [-0.2, -0.15) is 0 Å². The van der Waals surface area contributed by atoms with Crippen LogP contribution >= 0.6 is 0 Å². The van der Waals surface area contributed by atoms with Crippen molar-refractivity contribution in [3.63, 3.8) is 0 Å². The molecule has 0 aliphatic heterocycles. The number of unbranched alkanes of at least 4 members (excludes halogenated alkanes) is 8. The summed E-state index contributed by atoms with van der Waals surface area (Å²) in [5.74, 6) is 0. The summed E-state index contributed by atoms with van der Waals surface area (Å²) < 4.78 is 1.15. The molecule has 0 aliphatic carbocycles. The molecule has 0 aromatic carbocycles. The average Bonchev–Trinajstić information content (AvgIpc) is 2.34. The van der Waals surface area contributed by atoms with Crippen molar-refractivity contribution < 1.29 is 4.48 Å². The van der Waals surface area contributed by atoms with Crippen LogP contribution in [0, 0.1) is 0 Å². The van der Waals surface area contributed by atoms with Gasteiger partial charge in [0.25, 0.3) is 0 Å². The predicted molar refractivity (Wildman–Crippen MR) is 88.6 cm³/mol. The second kappa shape index (κ2) is 11.8. The van der Waals surface area contributed by atoms with Gasteiger partial charge in [0.05, 0.1) is 27.2 Å². The Morgan fingerprint density at radius 3 is 1.26 bits per heavy atom. The molecule has 0 fully saturated rings. The standard InChI is InChI=1S/C18H40N/c1-6-8-10-12-14-16-18(19(3,4)5)17-15-13-11-9-7-2/h18H,6-17H2,1-5H3/q+1. The first-order chi connectivity index (χ1) is 9.02. The SMILES string of the molecule is CCCCCCCC(CCCCCCC)[N+](C)(C)C. The second-order valence-electron chi connectivity index (χ2n) is 7.18. The lowest BCUT2D eigenvalue weighted by atomic mass is 9.98. The molecule has 0 spiro atoms. The lowest BCUT2D eigenvalue weighted by Gasteiger charge is -2.34. The maximum absolute atomic E-state index is 2.38. The fourth-order valence-electron chi connectivity index (χ4n) is 2.89. The fourth-order valence-corrected chi connectivity index (χ4v) is 2.89. The Morgan fingerprint density at radius 2 is 0.947 bits per heavy atom. The van der Waals surface area contributed by atoms with E-state index in [0.29, 0.717) is 0 Å². The minimum atomic E-state index is 0.878. The van der Waals surface area contributed by atoms with Gasteiger partial charge >= 0.3 is 0 Å². The molecular formula is C18H40N+. The van der Waals surface area contributed by atoms with Gasteiger partial charge in [0.1, 0.15) is 0 Å². The van der Waals surface area contributed by atoms with Gasteiger partial charge < -0.3 is 4.48 Å². The number of rotatable bonds is 13. The number of nitrogens with zero attached hydrogens (tertiary/aromatic N) is 1. The van der Waals surface area contributed by atoms with Gasteiger partial charge in [-0.1, -0.05) is 65.2 Å². The Morgan fingerprint density at radius 1 is 0.579 bits per heavy atom. The molecule has 0 aliphatic rings. The second-order valence-corrected chi connectivity index (χ2v) is 7.18. The quantitative estimate of drug-likeness (QED) is 0.294. The zero-order valence-corrected chi connectivity index (χ0v) is 14.5. The molecule has 0 aromatic heterocycles. The van der Waals surface area contributed by atoms with Crippen molar-refractivity contribution >= 4 is 0 Å². The number of hydrogen-bond donors (Lipinski definition) is 0. The summed E-state index contributed by atoms with van der Waals surface area (Å²) in [6.07, 6.45) is 17.1. The summed E-state index contributed by atoms with van der Waals surface area (Å²) in [7, 11) is 7.13. The highest BCUT2D eigenvalue weighted by molar-refractivity contribution is 4.60. The molecule has 1 nitrogen and oxygen atoms in total. The van der Waals surface area contributed by atoms with E-state index in [2.05, 4.69) is 35.0 Å². The first-order valence-corrected chi connectivity index (χ1v) is 8.83. The largest absolute Gasteiger partial charge is 0.328 e. The van der Waals surface area contributed by atoms with E-state index < -0.39 is 0 Å². The summed E-state index contributed by atoms with van der Waals surface area (Å²) in [5.41, 5.74) is 0. The molecule has 0 rings (SSSR count). The molecule has 116 valence electrons. The average molecular weight is 271 g/mol. The van der Waals surface area contributed by atoms with Gasteiger partial charge in [0.2, 0.25) is 0 Å². The number of hydrogen-bond acceptors (Lipinski definition) is 0. The first-order valence-electron chi connectivity index (χ1n) is 8.83. The molecule has 0 amide bonds. The van der Waals surface area contributed by atoms with Crippen LogP contribution in [0.3, 0.4) is 0 Å². The Hall–Kier alpha value is -0.0400. The molecule has 0 unspecified atom stereocenters. The Labute approximate surface area is 123 Å². The summed E-state index contributed by atoms with van der Waals surface area (Å²) in [5, 5.41) is 0. The Kier molecular flexibility index (Phi) is 11.7. The monoisotopic (exact) mass is 270 g/mol. The van der Waals surface area contributed by atoms with Gasteiger partial charge in [-0.25, -0.2) is 0 Å². The lowest BCUT2D eigenvalue weighted by molar-refractivity contribution is -0.896. The summed E-state index contributed by atoms with van der Waals surface area (Å²) in [6.45, 7) is 4.59. The Bertz CT molecular complexity index is 167. The van der Waals surface area contributed by atoms with E-state index in [-0.39, 0.29) is 0 Å². The third-order valence-corrected chi connectivity index (χ3v) is 4.38. The highest BCUT2D eigenvalue weighted by atomic mass is 15.3. The highest BCUT2D eigenvalue weighted by Crippen LogP contribution is 2.20. The maximum Gasteiger partial charge on any atom is 0.0884 e. The minimum Gasteiger partial charge on any atom is -0.328 e. The van der Waals surface area contributed by atoms with Gasteiger partial charge in [-0.15, -0.1) is 0 Å². The molecule has 0 bridgehead atoms. The van der Waals surface area contributed by atoms with Crippen LogP contribution < -0.4 is 0 Å². The van der Waals surface area contributed by atoms with Crippen LogP contribution in [0.5, 0.6) is 0 Å². The van der Waals surface area contributed by atoms with Crippen molar-refractivity contribution in [1.82, 2.24) is 0 Å². The van der Waals surface area contributed by atoms with Crippen LogP contribution in [-0.2, 0) is 0 Å². The molecule has 0 saturated heterocycles. The molecule has 0 N–H and O–H groups in total. The van der Waals surface area contributed by atoms with Crippen molar-refractivity contribution in [2.75, 3.05) is 21.1 Å². The molecule has 0 heterocycles. The van der Waals surface area contributed by atoms with E-state index in [0.717, 1.165) is 10.5 Å². The van der Waals surface area contributed by atoms with Gasteiger partial charge in [-0.05, 0) is 25.7 Å². The molecule has 1 heteroatoms. The zero-order valence-electron chi connectivity index (χ0n) is 14.5. The van der Waals surface area contributed by atoms with Crippen molar-refractivity contribution in [3.05, 3.63) is 0 Å². The third kappa shape index (κ3) is 11.5. The molecule has 19 heavy (non-hydrogen) atoms. The first kappa shape index (κ1) is 19.0. The van der Waals surface area contributed by atoms with Crippen LogP contribution in [0.2, 0.25) is 0 Å². The van der Waals surface area contributed by atoms with Gasteiger partial charge in [0.15, 0.2) is 0 Å². The zero-order chi connectivity index (χ0) is 14.6. The van der Waals surface area contributed by atoms with Crippen LogP contribution in [0.25, 0.3) is 0 Å². The minimum absolute atomic E-state index is 0.878. The summed E-state index contributed by atoms with van der Waals surface area (Å²) in [4.78, 5) is 0. The highest BCUT2D eigenvalue weighted by Gasteiger charge is 2.22. The van der Waals surface area contributed by atoms with E-state index in [1.54, 1.807) is 0 Å². The third-order valence-electron chi connectivity index (χ3n) is 4.38. The van der Waals surface area contributed by atoms with E-state index in [1.165, 1.54) is 77.0 Å². The Balaban J connectivity index is 3.77. The maximum atomic E-state index is 2.38. The van der Waals surface area contributed by atoms with Crippen LogP contribution in [0.4, 0.5) is 0 Å². The van der Waals surface area contributed by atoms with Crippen LogP contribution in [0.15, 0.2) is 0 Å². The molecule has 0 radical (unpaired) electrons. The molecule has 0 saturated carbocycles. The lowest BCUT2D eigenvalue weighted by Crippen LogP contribution is -2.45. The normalized spacial score (nSPS) is 12.3. The fraction of sp³-hybridized carbons (Fsp3) is 1.00. The van der Waals surface area contributed by atoms with E-state index >= 15 is 0 Å². The van der Waals surface area contributed by atoms with Crippen molar-refractivity contribution in [2.24, 2.45) is 0 Å². The van der Waals surface area contributed by atoms with Crippen molar-refractivity contribution in [3.8, 4) is 0 Å². The van der Waals surface area contributed by atoms with Crippen LogP contribution in [0.1, 0.15) is 90.9 Å². The van der Waals surface area contributed by atoms with Crippen molar-refractivity contribution in [1.29, 1.82) is 0 Å². The smallest absolute Gasteiger partial charge is 0.0884 e. The molecule has 0 aromatic rings. The van der Waals surface area contributed by atoms with Gasteiger partial charge in [-0.3, -0.25) is 0 Å². The summed E-state index contributed by atoms with van der Waals surface area (Å²) in [6, 6.07) is 0.878. The van der Waals surface area contributed by atoms with Crippen molar-refractivity contribution in [2.45, 2.75) is 96.9 Å². The predicted octanol–water partition coefficient (Wildman–Crippen LogP) is 5.78. The van der Waals surface area contributed by atoms with E-state index in [1.807, 2.05) is 0 Å². The topological polar surface area (TPSA) is 0 Å². The van der Waals surface area contributed by atoms with Crippen LogP contribution in [-0.4, -0.2) is 31.7 Å². The number of quaternary nitrogens is 1. The van der Waals surface area contributed by atoms with E-state index in [4.69, 9.17) is 0 Å².